The molecule has 0 saturated heterocycles. The number of ether oxygens (including phenoxy) is 1. The molecule has 6 nitrogen and oxygen atoms in total. The standard InChI is InChI=1S/C12H14ClN5O/c1-19-12-4-3-9(7-10(12)13)11(8-14)16-5-2-6-17-18-15/h3-4,7,11,16H,2,5-6H2,1H3. The molecule has 0 bridgehead atoms. The summed E-state index contributed by atoms with van der Waals surface area (Å²) in [6, 6.07) is 6.93. The second-order valence-electron chi connectivity index (χ2n) is 3.72. The Labute approximate surface area is 116 Å². The molecule has 100 valence electrons. The van der Waals surface area contributed by atoms with Crippen LogP contribution in [0.3, 0.4) is 0 Å². The summed E-state index contributed by atoms with van der Waals surface area (Å²) >= 11 is 6.02. The van der Waals surface area contributed by atoms with Gasteiger partial charge in [0.1, 0.15) is 11.8 Å². The highest BCUT2D eigenvalue weighted by molar-refractivity contribution is 6.32. The fourth-order valence-electron chi connectivity index (χ4n) is 1.54. The minimum Gasteiger partial charge on any atom is -0.495 e. The number of nitriles is 1. The van der Waals surface area contributed by atoms with Gasteiger partial charge in [0, 0.05) is 11.5 Å². The predicted octanol–water partition coefficient (Wildman–Crippen LogP) is 3.20. The van der Waals surface area contributed by atoms with E-state index in [1.165, 1.54) is 7.11 Å². The van der Waals surface area contributed by atoms with Gasteiger partial charge in [0.15, 0.2) is 0 Å². The van der Waals surface area contributed by atoms with Crippen LogP contribution in [0, 0.1) is 11.3 Å². The lowest BCUT2D eigenvalue weighted by atomic mass is 10.1. The molecule has 0 spiro atoms. The minimum atomic E-state index is -0.450. The molecule has 7 heteroatoms. The average Bonchev–Trinajstić information content (AvgIpc) is 2.43. The molecule has 0 saturated carbocycles. The molecule has 0 fully saturated rings. The highest BCUT2D eigenvalue weighted by atomic mass is 35.5. The van der Waals surface area contributed by atoms with E-state index in [0.29, 0.717) is 30.3 Å². The van der Waals surface area contributed by atoms with Crippen molar-refractivity contribution in [3.05, 3.63) is 39.2 Å². The van der Waals surface area contributed by atoms with E-state index in [2.05, 4.69) is 21.4 Å². The minimum absolute atomic E-state index is 0.408. The average molecular weight is 280 g/mol. The third-order valence-electron chi connectivity index (χ3n) is 2.48. The second kappa shape index (κ2) is 8.22. The molecule has 0 aliphatic heterocycles. The number of rotatable bonds is 7. The molecule has 1 rings (SSSR count). The predicted molar refractivity (Wildman–Crippen MR) is 73.0 cm³/mol. The number of methoxy groups -OCH3 is 1. The molecule has 0 aliphatic carbocycles. The first-order chi connectivity index (χ1) is 9.22. The fourth-order valence-corrected chi connectivity index (χ4v) is 1.81. The third kappa shape index (κ3) is 4.68. The lowest BCUT2D eigenvalue weighted by Gasteiger charge is -2.12. The largest absolute Gasteiger partial charge is 0.495 e. The van der Waals surface area contributed by atoms with Gasteiger partial charge in [-0.1, -0.05) is 22.8 Å². The van der Waals surface area contributed by atoms with Crippen LogP contribution in [0.2, 0.25) is 5.02 Å². The number of nitrogens with one attached hydrogen (secondary N) is 1. The summed E-state index contributed by atoms with van der Waals surface area (Å²) in [6.07, 6.45) is 0.673. The van der Waals surface area contributed by atoms with Crippen LogP contribution in [-0.2, 0) is 0 Å². The summed E-state index contributed by atoms with van der Waals surface area (Å²) in [5.74, 6) is 0.575. The van der Waals surface area contributed by atoms with Crippen molar-refractivity contribution in [2.45, 2.75) is 12.5 Å². The Bertz CT molecular complexity index is 507. The Kier molecular flexibility index (Phi) is 6.55. The summed E-state index contributed by atoms with van der Waals surface area (Å²) in [6.45, 7) is 0.992. The monoisotopic (exact) mass is 279 g/mol. The first-order valence-corrected chi connectivity index (χ1v) is 6.08. The highest BCUT2D eigenvalue weighted by Gasteiger charge is 2.11. The third-order valence-corrected chi connectivity index (χ3v) is 2.78. The van der Waals surface area contributed by atoms with Gasteiger partial charge in [-0.15, -0.1) is 0 Å². The maximum absolute atomic E-state index is 9.13. The Hall–Kier alpha value is -1.93. The number of benzene rings is 1. The van der Waals surface area contributed by atoms with Crippen molar-refractivity contribution in [2.24, 2.45) is 5.11 Å². The SMILES string of the molecule is COc1ccc(C(C#N)NCCCN=[N+]=[N-])cc1Cl. The molecule has 1 N–H and O–H groups in total. The zero-order chi connectivity index (χ0) is 14.1. The van der Waals surface area contributed by atoms with Crippen molar-refractivity contribution in [3.63, 3.8) is 0 Å². The smallest absolute Gasteiger partial charge is 0.137 e. The number of hydrogen-bond acceptors (Lipinski definition) is 4. The zero-order valence-corrected chi connectivity index (χ0v) is 11.3. The molecule has 0 radical (unpaired) electrons. The molecule has 1 aromatic carbocycles. The van der Waals surface area contributed by atoms with E-state index in [9.17, 15) is 0 Å². The quantitative estimate of drug-likeness (QED) is 0.359. The molecule has 0 aliphatic rings. The van der Waals surface area contributed by atoms with E-state index in [4.69, 9.17) is 27.1 Å². The molecule has 1 unspecified atom stereocenters. The maximum atomic E-state index is 9.13. The van der Waals surface area contributed by atoms with E-state index in [-0.39, 0.29) is 0 Å². The molecule has 1 aromatic rings. The van der Waals surface area contributed by atoms with E-state index >= 15 is 0 Å². The number of hydrogen-bond donors (Lipinski definition) is 1. The zero-order valence-electron chi connectivity index (χ0n) is 10.5. The van der Waals surface area contributed by atoms with Crippen LogP contribution in [-0.4, -0.2) is 20.2 Å². The van der Waals surface area contributed by atoms with E-state index < -0.39 is 6.04 Å². The van der Waals surface area contributed by atoms with Gasteiger partial charge >= 0.3 is 0 Å². The van der Waals surface area contributed by atoms with Gasteiger partial charge in [0.25, 0.3) is 0 Å². The Balaban J connectivity index is 2.62. The van der Waals surface area contributed by atoms with Crippen LogP contribution in [0.4, 0.5) is 0 Å². The van der Waals surface area contributed by atoms with Gasteiger partial charge in [-0.05, 0) is 36.2 Å². The van der Waals surface area contributed by atoms with Crippen molar-refractivity contribution in [1.29, 1.82) is 5.26 Å². The van der Waals surface area contributed by atoms with Gasteiger partial charge in [0.05, 0.1) is 18.2 Å². The summed E-state index contributed by atoms with van der Waals surface area (Å²) < 4.78 is 5.06. The van der Waals surface area contributed by atoms with E-state index in [0.717, 1.165) is 5.56 Å². The summed E-state index contributed by atoms with van der Waals surface area (Å²) in [5.41, 5.74) is 8.91. The van der Waals surface area contributed by atoms with Crippen LogP contribution in [0.5, 0.6) is 5.75 Å². The van der Waals surface area contributed by atoms with Crippen molar-refractivity contribution < 1.29 is 4.74 Å². The molecular formula is C12H14ClN5O. The molecule has 0 aromatic heterocycles. The summed E-state index contributed by atoms with van der Waals surface area (Å²) in [7, 11) is 1.54. The van der Waals surface area contributed by atoms with Crippen molar-refractivity contribution in [3.8, 4) is 11.8 Å². The van der Waals surface area contributed by atoms with Gasteiger partial charge in [-0.2, -0.15) is 5.26 Å². The Morgan fingerprint density at radius 3 is 3.00 bits per heavy atom. The number of halogens is 1. The normalized spacial score (nSPS) is 11.2. The van der Waals surface area contributed by atoms with Gasteiger partial charge in [-0.25, -0.2) is 0 Å². The number of azide groups is 1. The molecule has 0 amide bonds. The first-order valence-electron chi connectivity index (χ1n) is 5.70. The lowest BCUT2D eigenvalue weighted by molar-refractivity contribution is 0.414. The molecule has 0 heterocycles. The Morgan fingerprint density at radius 1 is 1.63 bits per heavy atom. The topological polar surface area (TPSA) is 93.8 Å². The lowest BCUT2D eigenvalue weighted by Crippen LogP contribution is -2.21. The van der Waals surface area contributed by atoms with Crippen molar-refractivity contribution in [2.75, 3.05) is 20.2 Å². The maximum Gasteiger partial charge on any atom is 0.137 e. The van der Waals surface area contributed by atoms with Gasteiger partial charge < -0.3 is 4.74 Å². The van der Waals surface area contributed by atoms with Crippen LogP contribution < -0.4 is 10.1 Å². The van der Waals surface area contributed by atoms with Crippen molar-refractivity contribution >= 4 is 11.6 Å². The summed E-state index contributed by atoms with van der Waals surface area (Å²) in [5, 5.41) is 16.1. The highest BCUT2D eigenvalue weighted by Crippen LogP contribution is 2.27. The van der Waals surface area contributed by atoms with Gasteiger partial charge in [-0.3, -0.25) is 5.32 Å². The van der Waals surface area contributed by atoms with Crippen LogP contribution >= 0.6 is 11.6 Å². The fraction of sp³-hybridized carbons (Fsp3) is 0.417. The molecular weight excluding hydrogens is 266 g/mol. The van der Waals surface area contributed by atoms with Crippen molar-refractivity contribution in [1.82, 2.24) is 5.32 Å². The molecule has 1 atom stereocenters. The van der Waals surface area contributed by atoms with Crippen LogP contribution in [0.15, 0.2) is 23.3 Å². The van der Waals surface area contributed by atoms with Gasteiger partial charge in [0.2, 0.25) is 0 Å². The second-order valence-corrected chi connectivity index (χ2v) is 4.13. The first kappa shape index (κ1) is 15.1. The summed E-state index contributed by atoms with van der Waals surface area (Å²) in [4.78, 5) is 2.66. The van der Waals surface area contributed by atoms with E-state index in [1.807, 2.05) is 0 Å². The molecule has 19 heavy (non-hydrogen) atoms. The van der Waals surface area contributed by atoms with E-state index in [1.54, 1.807) is 18.2 Å². The van der Waals surface area contributed by atoms with Crippen LogP contribution in [0.1, 0.15) is 18.0 Å². The van der Waals surface area contributed by atoms with Crippen LogP contribution in [0.25, 0.3) is 10.4 Å². The number of nitrogens with zero attached hydrogens (tertiary/aromatic N) is 4. The Morgan fingerprint density at radius 2 is 2.42 bits per heavy atom.